The van der Waals surface area contributed by atoms with Crippen LogP contribution in [0, 0.1) is 5.41 Å². The zero-order valence-corrected chi connectivity index (χ0v) is 19.4. The summed E-state index contributed by atoms with van der Waals surface area (Å²) >= 11 is 0. The summed E-state index contributed by atoms with van der Waals surface area (Å²) in [5.74, 6) is -0.936. The minimum atomic E-state index is -1.04. The summed E-state index contributed by atoms with van der Waals surface area (Å²) < 4.78 is 15.2. The molecule has 0 radical (unpaired) electrons. The van der Waals surface area contributed by atoms with Gasteiger partial charge in [0.05, 0.1) is 12.0 Å². The first-order chi connectivity index (χ1) is 14.2. The highest BCUT2D eigenvalue weighted by Crippen LogP contribution is 2.21. The fourth-order valence-corrected chi connectivity index (χ4v) is 2.50. The molecule has 0 rings (SSSR count). The van der Waals surface area contributed by atoms with Crippen LogP contribution in [-0.2, 0) is 28.6 Å². The Labute approximate surface area is 181 Å². The lowest BCUT2D eigenvalue weighted by Gasteiger charge is -2.21. The monoisotopic (exact) mass is 430 g/mol. The number of ether oxygens (including phenoxy) is 3. The minimum absolute atomic E-state index is 0.150. The van der Waals surface area contributed by atoms with Crippen molar-refractivity contribution in [3.8, 4) is 0 Å². The van der Waals surface area contributed by atoms with E-state index in [9.17, 15) is 19.5 Å². The van der Waals surface area contributed by atoms with Crippen molar-refractivity contribution in [3.63, 3.8) is 0 Å². The molecule has 0 fully saturated rings. The largest absolute Gasteiger partial charge is 0.466 e. The van der Waals surface area contributed by atoms with E-state index in [0.717, 1.165) is 19.3 Å². The van der Waals surface area contributed by atoms with Crippen LogP contribution in [0.4, 0.5) is 0 Å². The molecular weight excluding hydrogens is 388 g/mol. The Bertz CT molecular complexity index is 488. The lowest BCUT2D eigenvalue weighted by molar-refractivity contribution is -0.160. The second-order valence-corrected chi connectivity index (χ2v) is 8.37. The molecule has 0 saturated heterocycles. The van der Waals surface area contributed by atoms with E-state index in [4.69, 9.17) is 14.2 Å². The zero-order valence-electron chi connectivity index (χ0n) is 19.4. The molecule has 0 saturated carbocycles. The number of unbranched alkanes of at least 4 members (excludes halogenated alkanes) is 6. The summed E-state index contributed by atoms with van der Waals surface area (Å²) in [6.45, 7) is 7.58. The third kappa shape index (κ3) is 15.2. The first kappa shape index (κ1) is 28.4. The van der Waals surface area contributed by atoms with Crippen LogP contribution in [0.3, 0.4) is 0 Å². The fourth-order valence-electron chi connectivity index (χ4n) is 2.50. The van der Waals surface area contributed by atoms with E-state index >= 15 is 0 Å². The van der Waals surface area contributed by atoms with Gasteiger partial charge in [0.15, 0.2) is 0 Å². The standard InChI is InChI=1S/C23H42O7/c1-5-7-8-9-11-14-20(25)28-16-13-10-12-15-21(26)29-17-19(24)18-30-22(27)23(3,4)6-2/h19,24H,5-18H2,1-4H3. The highest BCUT2D eigenvalue weighted by molar-refractivity contribution is 5.75. The summed E-state index contributed by atoms with van der Waals surface area (Å²) in [6.07, 6.45) is 7.91. The maximum Gasteiger partial charge on any atom is 0.311 e. The predicted molar refractivity (Wildman–Crippen MR) is 115 cm³/mol. The zero-order chi connectivity index (χ0) is 22.8. The molecule has 7 heteroatoms. The maximum absolute atomic E-state index is 11.8. The van der Waals surface area contributed by atoms with Crippen molar-refractivity contribution in [1.29, 1.82) is 0 Å². The van der Waals surface area contributed by atoms with Crippen LogP contribution in [0.5, 0.6) is 0 Å². The Kier molecular flexibility index (Phi) is 16.2. The van der Waals surface area contributed by atoms with Gasteiger partial charge in [-0.3, -0.25) is 14.4 Å². The van der Waals surface area contributed by atoms with Crippen molar-refractivity contribution in [3.05, 3.63) is 0 Å². The average Bonchev–Trinajstić information content (AvgIpc) is 2.72. The lowest BCUT2D eigenvalue weighted by Crippen LogP contribution is -2.31. The molecule has 0 heterocycles. The van der Waals surface area contributed by atoms with Crippen LogP contribution in [-0.4, -0.2) is 48.9 Å². The Morgan fingerprint density at radius 1 is 0.767 bits per heavy atom. The number of aliphatic hydroxyl groups excluding tert-OH is 1. The molecule has 0 bridgehead atoms. The molecule has 0 amide bonds. The summed E-state index contributed by atoms with van der Waals surface area (Å²) in [6, 6.07) is 0. The van der Waals surface area contributed by atoms with Crippen molar-refractivity contribution >= 4 is 17.9 Å². The van der Waals surface area contributed by atoms with E-state index in [-0.39, 0.29) is 31.6 Å². The normalized spacial score (nSPS) is 12.3. The molecular formula is C23H42O7. The number of carbonyl (C=O) groups excluding carboxylic acids is 3. The highest BCUT2D eigenvalue weighted by Gasteiger charge is 2.27. The minimum Gasteiger partial charge on any atom is -0.466 e. The Morgan fingerprint density at radius 2 is 1.30 bits per heavy atom. The van der Waals surface area contributed by atoms with E-state index in [1.54, 1.807) is 13.8 Å². The van der Waals surface area contributed by atoms with E-state index < -0.39 is 17.5 Å². The number of aliphatic hydroxyl groups is 1. The third-order valence-electron chi connectivity index (χ3n) is 5.05. The number of hydrogen-bond acceptors (Lipinski definition) is 7. The van der Waals surface area contributed by atoms with Gasteiger partial charge < -0.3 is 19.3 Å². The highest BCUT2D eigenvalue weighted by atomic mass is 16.6. The number of rotatable bonds is 18. The molecule has 176 valence electrons. The third-order valence-corrected chi connectivity index (χ3v) is 5.05. The van der Waals surface area contributed by atoms with E-state index in [0.29, 0.717) is 32.3 Å². The van der Waals surface area contributed by atoms with Crippen LogP contribution in [0.2, 0.25) is 0 Å². The van der Waals surface area contributed by atoms with Gasteiger partial charge in [0.1, 0.15) is 19.3 Å². The second kappa shape index (κ2) is 17.1. The van der Waals surface area contributed by atoms with Crippen LogP contribution >= 0.6 is 0 Å². The summed E-state index contributed by atoms with van der Waals surface area (Å²) in [5, 5.41) is 9.78. The van der Waals surface area contributed by atoms with Gasteiger partial charge in [0, 0.05) is 12.8 Å². The quantitative estimate of drug-likeness (QED) is 0.196. The first-order valence-corrected chi connectivity index (χ1v) is 11.4. The van der Waals surface area contributed by atoms with Gasteiger partial charge in [-0.25, -0.2) is 0 Å². The molecule has 0 aliphatic heterocycles. The number of hydrogen-bond donors (Lipinski definition) is 1. The summed E-state index contributed by atoms with van der Waals surface area (Å²) in [4.78, 5) is 35.1. The van der Waals surface area contributed by atoms with Crippen molar-refractivity contribution in [2.45, 2.75) is 104 Å². The van der Waals surface area contributed by atoms with Gasteiger partial charge in [-0.1, -0.05) is 39.5 Å². The molecule has 0 spiro atoms. The Morgan fingerprint density at radius 3 is 1.90 bits per heavy atom. The molecule has 30 heavy (non-hydrogen) atoms. The molecule has 1 N–H and O–H groups in total. The maximum atomic E-state index is 11.8. The molecule has 0 aromatic heterocycles. The van der Waals surface area contributed by atoms with Gasteiger partial charge in [0.25, 0.3) is 0 Å². The van der Waals surface area contributed by atoms with Crippen LogP contribution < -0.4 is 0 Å². The van der Waals surface area contributed by atoms with Crippen LogP contribution in [0.1, 0.15) is 98.3 Å². The second-order valence-electron chi connectivity index (χ2n) is 8.37. The van der Waals surface area contributed by atoms with Gasteiger partial charge in [-0.15, -0.1) is 0 Å². The summed E-state index contributed by atoms with van der Waals surface area (Å²) in [7, 11) is 0. The Balaban J connectivity index is 3.63. The van der Waals surface area contributed by atoms with Gasteiger partial charge >= 0.3 is 17.9 Å². The molecule has 0 aliphatic rings. The van der Waals surface area contributed by atoms with Gasteiger partial charge in [-0.05, 0) is 46.0 Å². The summed E-state index contributed by atoms with van der Waals surface area (Å²) in [5.41, 5.74) is -0.598. The van der Waals surface area contributed by atoms with Crippen molar-refractivity contribution in [1.82, 2.24) is 0 Å². The first-order valence-electron chi connectivity index (χ1n) is 11.4. The van der Waals surface area contributed by atoms with E-state index in [2.05, 4.69) is 6.92 Å². The van der Waals surface area contributed by atoms with Gasteiger partial charge in [0.2, 0.25) is 0 Å². The molecule has 0 aromatic rings. The van der Waals surface area contributed by atoms with Crippen LogP contribution in [0.25, 0.3) is 0 Å². The van der Waals surface area contributed by atoms with Gasteiger partial charge in [-0.2, -0.15) is 0 Å². The lowest BCUT2D eigenvalue weighted by atomic mass is 9.91. The van der Waals surface area contributed by atoms with Crippen molar-refractivity contribution in [2.75, 3.05) is 19.8 Å². The molecule has 1 atom stereocenters. The molecule has 0 aliphatic carbocycles. The number of esters is 3. The smallest absolute Gasteiger partial charge is 0.311 e. The molecule has 7 nitrogen and oxygen atoms in total. The van der Waals surface area contributed by atoms with E-state index in [1.807, 2.05) is 6.92 Å². The topological polar surface area (TPSA) is 99.1 Å². The molecule has 0 aromatic carbocycles. The average molecular weight is 431 g/mol. The van der Waals surface area contributed by atoms with Crippen LogP contribution in [0.15, 0.2) is 0 Å². The number of carbonyl (C=O) groups is 3. The fraction of sp³-hybridized carbons (Fsp3) is 0.870. The molecule has 1 unspecified atom stereocenters. The Hall–Kier alpha value is -1.63. The van der Waals surface area contributed by atoms with Crippen molar-refractivity contribution in [2.24, 2.45) is 5.41 Å². The van der Waals surface area contributed by atoms with E-state index in [1.165, 1.54) is 19.3 Å². The van der Waals surface area contributed by atoms with Crippen molar-refractivity contribution < 1.29 is 33.7 Å². The SMILES string of the molecule is CCCCCCCC(=O)OCCCCCC(=O)OCC(O)COC(=O)C(C)(C)CC. The predicted octanol–water partition coefficient (Wildman–Crippen LogP) is 4.33.